The first kappa shape index (κ1) is 15.4. The number of thioether (sulfide) groups is 1. The van der Waals surface area contributed by atoms with Crippen LogP contribution >= 0.6 is 11.8 Å². The van der Waals surface area contributed by atoms with E-state index in [0.717, 1.165) is 12.0 Å². The lowest BCUT2D eigenvalue weighted by molar-refractivity contribution is -0.116. The van der Waals surface area contributed by atoms with Crippen molar-refractivity contribution in [3.8, 4) is 0 Å². The van der Waals surface area contributed by atoms with E-state index in [1.165, 1.54) is 10.5 Å². The summed E-state index contributed by atoms with van der Waals surface area (Å²) >= 11 is 1.71. The van der Waals surface area contributed by atoms with Crippen molar-refractivity contribution in [1.82, 2.24) is 5.32 Å². The molecule has 0 heterocycles. The van der Waals surface area contributed by atoms with Crippen molar-refractivity contribution in [2.45, 2.75) is 11.3 Å². The van der Waals surface area contributed by atoms with Crippen molar-refractivity contribution < 1.29 is 4.79 Å². The van der Waals surface area contributed by atoms with E-state index in [4.69, 9.17) is 0 Å². The molecule has 0 bridgehead atoms. The first-order chi connectivity index (χ1) is 10.3. The number of amides is 1. The third kappa shape index (κ3) is 5.48. The zero-order chi connectivity index (χ0) is 14.9. The minimum Gasteiger partial charge on any atom is -0.352 e. The molecular weight excluding hydrogens is 278 g/mol. The summed E-state index contributed by atoms with van der Waals surface area (Å²) in [6.07, 6.45) is 6.31. The molecule has 0 fully saturated rings. The Labute approximate surface area is 130 Å². The number of hydrogen-bond donors (Lipinski definition) is 1. The van der Waals surface area contributed by atoms with E-state index in [1.807, 2.05) is 42.7 Å². The van der Waals surface area contributed by atoms with Crippen molar-refractivity contribution in [3.05, 3.63) is 71.8 Å². The van der Waals surface area contributed by atoms with Crippen LogP contribution in [0.1, 0.15) is 11.1 Å². The summed E-state index contributed by atoms with van der Waals surface area (Å²) in [5.41, 5.74) is 2.26. The van der Waals surface area contributed by atoms with Gasteiger partial charge in [0.1, 0.15) is 0 Å². The lowest BCUT2D eigenvalue weighted by Crippen LogP contribution is -2.23. The van der Waals surface area contributed by atoms with Crippen LogP contribution in [0.4, 0.5) is 0 Å². The van der Waals surface area contributed by atoms with Gasteiger partial charge in [-0.05, 0) is 42.0 Å². The van der Waals surface area contributed by atoms with Gasteiger partial charge in [0.2, 0.25) is 5.91 Å². The Hall–Kier alpha value is -2.00. The van der Waals surface area contributed by atoms with Gasteiger partial charge in [-0.15, -0.1) is 11.8 Å². The largest absolute Gasteiger partial charge is 0.352 e. The standard InChI is InChI=1S/C18H19NOS/c1-21-17-10-7-16(8-11-17)9-12-18(20)19-14-13-15-5-3-2-4-6-15/h2-12H,13-14H2,1H3,(H,19,20)/b12-9+. The fraction of sp³-hybridized carbons (Fsp3) is 0.167. The zero-order valence-corrected chi connectivity index (χ0v) is 12.9. The molecule has 108 valence electrons. The quantitative estimate of drug-likeness (QED) is 0.649. The van der Waals surface area contributed by atoms with Crippen LogP contribution in [-0.4, -0.2) is 18.7 Å². The Bertz CT molecular complexity index is 590. The molecule has 1 N–H and O–H groups in total. The predicted octanol–water partition coefficient (Wildman–Crippen LogP) is 3.78. The van der Waals surface area contributed by atoms with Crippen molar-refractivity contribution in [3.63, 3.8) is 0 Å². The number of benzene rings is 2. The SMILES string of the molecule is CSc1ccc(/C=C/C(=O)NCCc2ccccc2)cc1. The molecule has 2 nitrogen and oxygen atoms in total. The first-order valence-electron chi connectivity index (χ1n) is 6.92. The van der Waals surface area contributed by atoms with Gasteiger partial charge in [0.15, 0.2) is 0 Å². The van der Waals surface area contributed by atoms with E-state index >= 15 is 0 Å². The minimum absolute atomic E-state index is 0.0557. The normalized spacial score (nSPS) is 10.7. The molecule has 1 amide bonds. The Kier molecular flexibility index (Phi) is 6.10. The highest BCUT2D eigenvalue weighted by molar-refractivity contribution is 7.98. The van der Waals surface area contributed by atoms with Gasteiger partial charge in [-0.25, -0.2) is 0 Å². The molecule has 0 aliphatic heterocycles. The maximum Gasteiger partial charge on any atom is 0.244 e. The van der Waals surface area contributed by atoms with Gasteiger partial charge in [0.25, 0.3) is 0 Å². The van der Waals surface area contributed by atoms with Crippen LogP contribution in [0.25, 0.3) is 6.08 Å². The maximum absolute atomic E-state index is 11.7. The van der Waals surface area contributed by atoms with Crippen LogP contribution in [0, 0.1) is 0 Å². The second-order valence-corrected chi connectivity index (χ2v) is 5.51. The number of carbonyl (C=O) groups is 1. The molecule has 0 aliphatic carbocycles. The van der Waals surface area contributed by atoms with E-state index in [9.17, 15) is 4.79 Å². The first-order valence-corrected chi connectivity index (χ1v) is 8.14. The molecule has 2 aromatic carbocycles. The molecule has 0 unspecified atom stereocenters. The van der Waals surface area contributed by atoms with Gasteiger partial charge in [0.05, 0.1) is 0 Å². The van der Waals surface area contributed by atoms with Gasteiger partial charge in [0, 0.05) is 17.5 Å². The fourth-order valence-electron chi connectivity index (χ4n) is 1.92. The molecular formula is C18H19NOS. The fourth-order valence-corrected chi connectivity index (χ4v) is 2.33. The summed E-state index contributed by atoms with van der Waals surface area (Å²) in [4.78, 5) is 12.9. The minimum atomic E-state index is -0.0557. The van der Waals surface area contributed by atoms with Crippen LogP contribution in [0.15, 0.2) is 65.6 Å². The number of nitrogens with one attached hydrogen (secondary N) is 1. The Morgan fingerprint density at radius 2 is 1.81 bits per heavy atom. The average molecular weight is 297 g/mol. The Morgan fingerprint density at radius 1 is 1.10 bits per heavy atom. The van der Waals surface area contributed by atoms with Gasteiger partial charge in [-0.3, -0.25) is 4.79 Å². The molecule has 0 radical (unpaired) electrons. The maximum atomic E-state index is 11.7. The molecule has 21 heavy (non-hydrogen) atoms. The lowest BCUT2D eigenvalue weighted by Gasteiger charge is -2.02. The monoisotopic (exact) mass is 297 g/mol. The summed E-state index contributed by atoms with van der Waals surface area (Å²) in [5, 5.41) is 2.89. The molecule has 0 aromatic heterocycles. The van der Waals surface area contributed by atoms with E-state index < -0.39 is 0 Å². The molecule has 2 rings (SSSR count). The van der Waals surface area contributed by atoms with Gasteiger partial charge >= 0.3 is 0 Å². The second-order valence-electron chi connectivity index (χ2n) is 4.63. The lowest BCUT2D eigenvalue weighted by atomic mass is 10.1. The molecule has 3 heteroatoms. The molecule has 0 aliphatic rings. The second kappa shape index (κ2) is 8.32. The van der Waals surface area contributed by atoms with Crippen molar-refractivity contribution in [2.24, 2.45) is 0 Å². The zero-order valence-electron chi connectivity index (χ0n) is 12.1. The van der Waals surface area contributed by atoms with E-state index in [1.54, 1.807) is 17.8 Å². The van der Waals surface area contributed by atoms with E-state index in [-0.39, 0.29) is 5.91 Å². The molecule has 0 spiro atoms. The third-order valence-corrected chi connectivity index (χ3v) is 3.84. The van der Waals surface area contributed by atoms with Crippen molar-refractivity contribution in [1.29, 1.82) is 0 Å². The van der Waals surface area contributed by atoms with Crippen LogP contribution in [0.5, 0.6) is 0 Å². The Morgan fingerprint density at radius 3 is 2.48 bits per heavy atom. The van der Waals surface area contributed by atoms with Crippen molar-refractivity contribution in [2.75, 3.05) is 12.8 Å². The summed E-state index contributed by atoms with van der Waals surface area (Å²) in [6.45, 7) is 0.651. The van der Waals surface area contributed by atoms with E-state index in [2.05, 4.69) is 29.6 Å². The van der Waals surface area contributed by atoms with Crippen LogP contribution < -0.4 is 5.32 Å². The van der Waals surface area contributed by atoms with Gasteiger partial charge in [-0.1, -0.05) is 42.5 Å². The van der Waals surface area contributed by atoms with Crippen LogP contribution in [0.3, 0.4) is 0 Å². The van der Waals surface area contributed by atoms with E-state index in [0.29, 0.717) is 6.54 Å². The number of hydrogen-bond acceptors (Lipinski definition) is 2. The molecule has 0 atom stereocenters. The van der Waals surface area contributed by atoms with Crippen LogP contribution in [0.2, 0.25) is 0 Å². The van der Waals surface area contributed by atoms with Gasteiger partial charge < -0.3 is 5.32 Å². The predicted molar refractivity (Wildman–Crippen MR) is 90.4 cm³/mol. The summed E-state index contributed by atoms with van der Waals surface area (Å²) < 4.78 is 0. The highest BCUT2D eigenvalue weighted by Gasteiger charge is 1.96. The number of rotatable bonds is 6. The topological polar surface area (TPSA) is 29.1 Å². The van der Waals surface area contributed by atoms with Gasteiger partial charge in [-0.2, -0.15) is 0 Å². The van der Waals surface area contributed by atoms with Crippen LogP contribution in [-0.2, 0) is 11.2 Å². The highest BCUT2D eigenvalue weighted by atomic mass is 32.2. The number of carbonyl (C=O) groups excluding carboxylic acids is 1. The third-order valence-electron chi connectivity index (χ3n) is 3.10. The molecule has 0 saturated heterocycles. The van der Waals surface area contributed by atoms with Crippen molar-refractivity contribution >= 4 is 23.7 Å². The Balaban J connectivity index is 1.77. The molecule has 2 aromatic rings. The highest BCUT2D eigenvalue weighted by Crippen LogP contribution is 2.15. The summed E-state index contributed by atoms with van der Waals surface area (Å²) in [6, 6.07) is 18.3. The summed E-state index contributed by atoms with van der Waals surface area (Å²) in [5.74, 6) is -0.0557. The molecule has 0 saturated carbocycles. The average Bonchev–Trinajstić information content (AvgIpc) is 2.54. The smallest absolute Gasteiger partial charge is 0.244 e. The summed E-state index contributed by atoms with van der Waals surface area (Å²) in [7, 11) is 0.